The number of hydrogen-bond donors (Lipinski definition) is 2. The van der Waals surface area contributed by atoms with Crippen LogP contribution in [0.2, 0.25) is 0 Å². The Morgan fingerprint density at radius 3 is 2.62 bits per heavy atom. The molecule has 9 heteroatoms. The lowest BCUT2D eigenvalue weighted by Gasteiger charge is -2.08. The van der Waals surface area contributed by atoms with E-state index >= 15 is 0 Å². The third kappa shape index (κ3) is 6.13. The number of hydrogen-bond acceptors (Lipinski definition) is 6. The van der Waals surface area contributed by atoms with Gasteiger partial charge in [-0.15, -0.1) is 0 Å². The van der Waals surface area contributed by atoms with Crippen LogP contribution < -0.4 is 15.6 Å². The lowest BCUT2D eigenvalue weighted by Crippen LogP contribution is -2.43. The number of rotatable bonds is 7. The number of halogens is 1. The van der Waals surface area contributed by atoms with Crippen LogP contribution in [0.25, 0.3) is 11.4 Å². The first-order valence-electron chi connectivity index (χ1n) is 8.85. The Kier molecular flexibility index (Phi) is 6.51. The molecule has 0 spiro atoms. The second-order valence-electron chi connectivity index (χ2n) is 6.22. The molecule has 29 heavy (non-hydrogen) atoms. The van der Waals surface area contributed by atoms with Gasteiger partial charge in [0.05, 0.1) is 0 Å². The van der Waals surface area contributed by atoms with Gasteiger partial charge in [0.15, 0.2) is 6.61 Å². The molecule has 0 bridgehead atoms. The minimum absolute atomic E-state index is 0.0318. The van der Waals surface area contributed by atoms with Gasteiger partial charge in [0.2, 0.25) is 17.6 Å². The van der Waals surface area contributed by atoms with Crippen molar-refractivity contribution < 1.29 is 23.2 Å². The highest BCUT2D eigenvalue weighted by molar-refractivity contribution is 5.82. The van der Waals surface area contributed by atoms with Crippen molar-refractivity contribution in [2.75, 3.05) is 6.61 Å². The van der Waals surface area contributed by atoms with E-state index in [2.05, 4.69) is 21.0 Å². The number of carbonyl (C=O) groups is 2. The summed E-state index contributed by atoms with van der Waals surface area (Å²) < 4.78 is 23.4. The Morgan fingerprint density at radius 1 is 1.10 bits per heavy atom. The second kappa shape index (κ2) is 9.45. The lowest BCUT2D eigenvalue weighted by molar-refractivity contribution is -0.130. The standard InChI is InChI=1S/C20H19FN4O4/c1-13-3-2-4-16(11-13)28-12-18(27)24-23-17(26)9-10-19-22-20(25-29-19)14-5-7-15(21)8-6-14/h2-8,11H,9-10,12H2,1H3,(H,23,26)(H,24,27). The zero-order valence-electron chi connectivity index (χ0n) is 15.6. The van der Waals surface area contributed by atoms with E-state index < -0.39 is 11.8 Å². The van der Waals surface area contributed by atoms with Crippen LogP contribution in [-0.2, 0) is 16.0 Å². The summed E-state index contributed by atoms with van der Waals surface area (Å²) in [5, 5.41) is 3.80. The van der Waals surface area contributed by atoms with E-state index in [1.54, 1.807) is 12.1 Å². The van der Waals surface area contributed by atoms with Crippen molar-refractivity contribution in [2.45, 2.75) is 19.8 Å². The molecule has 8 nitrogen and oxygen atoms in total. The maximum atomic E-state index is 13.0. The number of nitrogens with one attached hydrogen (secondary N) is 2. The molecule has 1 aromatic heterocycles. The molecule has 1 heterocycles. The van der Waals surface area contributed by atoms with Crippen LogP contribution in [0.3, 0.4) is 0 Å². The quantitative estimate of drug-likeness (QED) is 0.592. The third-order valence-corrected chi connectivity index (χ3v) is 3.84. The Labute approximate surface area is 166 Å². The Bertz CT molecular complexity index is 988. The van der Waals surface area contributed by atoms with E-state index in [-0.39, 0.29) is 31.2 Å². The fourth-order valence-corrected chi connectivity index (χ4v) is 2.39. The van der Waals surface area contributed by atoms with Gasteiger partial charge in [-0.3, -0.25) is 20.4 Å². The zero-order chi connectivity index (χ0) is 20.6. The largest absolute Gasteiger partial charge is 0.484 e. The molecule has 0 radical (unpaired) electrons. The van der Waals surface area contributed by atoms with Crippen molar-refractivity contribution in [1.29, 1.82) is 0 Å². The number of aryl methyl sites for hydroxylation is 2. The van der Waals surface area contributed by atoms with Crippen LogP contribution in [0.5, 0.6) is 5.75 Å². The van der Waals surface area contributed by atoms with Gasteiger partial charge in [-0.2, -0.15) is 4.98 Å². The van der Waals surface area contributed by atoms with Crippen LogP contribution in [0, 0.1) is 12.7 Å². The van der Waals surface area contributed by atoms with Gasteiger partial charge in [-0.25, -0.2) is 4.39 Å². The van der Waals surface area contributed by atoms with Gasteiger partial charge in [0.25, 0.3) is 5.91 Å². The highest BCUT2D eigenvalue weighted by Crippen LogP contribution is 2.16. The Hall–Kier alpha value is -3.75. The van der Waals surface area contributed by atoms with Crippen molar-refractivity contribution in [3.63, 3.8) is 0 Å². The number of amides is 2. The summed E-state index contributed by atoms with van der Waals surface area (Å²) in [4.78, 5) is 27.8. The van der Waals surface area contributed by atoms with Crippen molar-refractivity contribution in [3.05, 3.63) is 65.8 Å². The molecule has 2 N–H and O–H groups in total. The predicted octanol–water partition coefficient (Wildman–Crippen LogP) is 2.34. The van der Waals surface area contributed by atoms with Crippen LogP contribution in [0.4, 0.5) is 4.39 Å². The molecule has 0 aliphatic rings. The van der Waals surface area contributed by atoms with E-state index in [0.717, 1.165) is 5.56 Å². The summed E-state index contributed by atoms with van der Waals surface area (Å²) in [5.41, 5.74) is 6.19. The molecule has 0 aliphatic carbocycles. The first kappa shape index (κ1) is 20.0. The highest BCUT2D eigenvalue weighted by Gasteiger charge is 2.11. The molecule has 2 aromatic carbocycles. The van der Waals surface area contributed by atoms with E-state index in [1.165, 1.54) is 24.3 Å². The number of ether oxygens (including phenoxy) is 1. The molecule has 150 valence electrons. The highest BCUT2D eigenvalue weighted by atomic mass is 19.1. The minimum atomic E-state index is -0.490. The molecule has 0 fully saturated rings. The molecule has 0 aliphatic heterocycles. The normalized spacial score (nSPS) is 10.4. The molecule has 3 aromatic rings. The number of hydrazine groups is 1. The number of nitrogens with zero attached hydrogens (tertiary/aromatic N) is 2. The van der Waals surface area contributed by atoms with Crippen LogP contribution in [0.15, 0.2) is 53.1 Å². The average Bonchev–Trinajstić information content (AvgIpc) is 3.19. The van der Waals surface area contributed by atoms with Crippen molar-refractivity contribution in [1.82, 2.24) is 21.0 Å². The van der Waals surface area contributed by atoms with Gasteiger partial charge in [0, 0.05) is 18.4 Å². The number of carbonyl (C=O) groups excluding carboxylic acids is 2. The van der Waals surface area contributed by atoms with Crippen molar-refractivity contribution in [3.8, 4) is 17.1 Å². The Morgan fingerprint density at radius 2 is 1.86 bits per heavy atom. The molecule has 0 unspecified atom stereocenters. The first-order valence-corrected chi connectivity index (χ1v) is 8.85. The fraction of sp³-hybridized carbons (Fsp3) is 0.200. The molecule has 2 amide bonds. The topological polar surface area (TPSA) is 106 Å². The average molecular weight is 398 g/mol. The monoisotopic (exact) mass is 398 g/mol. The first-order chi connectivity index (χ1) is 14.0. The molecular formula is C20H19FN4O4. The summed E-state index contributed by atoms with van der Waals surface area (Å²) in [5.74, 6) is -0.137. The summed E-state index contributed by atoms with van der Waals surface area (Å²) >= 11 is 0. The van der Waals surface area contributed by atoms with Gasteiger partial charge < -0.3 is 9.26 Å². The molecule has 0 atom stereocenters. The summed E-state index contributed by atoms with van der Waals surface area (Å²) in [6, 6.07) is 12.9. The van der Waals surface area contributed by atoms with Crippen molar-refractivity contribution >= 4 is 11.8 Å². The Balaban J connectivity index is 1.38. The van der Waals surface area contributed by atoms with E-state index in [1.807, 2.05) is 19.1 Å². The smallest absolute Gasteiger partial charge is 0.276 e. The summed E-state index contributed by atoms with van der Waals surface area (Å²) in [6.45, 7) is 1.69. The van der Waals surface area contributed by atoms with Gasteiger partial charge in [-0.1, -0.05) is 17.3 Å². The minimum Gasteiger partial charge on any atom is -0.484 e. The van der Waals surface area contributed by atoms with Crippen LogP contribution >= 0.6 is 0 Å². The number of aromatic nitrogens is 2. The predicted molar refractivity (Wildman–Crippen MR) is 101 cm³/mol. The fourth-order valence-electron chi connectivity index (χ4n) is 2.39. The molecular weight excluding hydrogens is 379 g/mol. The van der Waals surface area contributed by atoms with E-state index in [4.69, 9.17) is 9.26 Å². The SMILES string of the molecule is Cc1cccc(OCC(=O)NNC(=O)CCc2nc(-c3ccc(F)cc3)no2)c1. The van der Waals surface area contributed by atoms with E-state index in [9.17, 15) is 14.0 Å². The van der Waals surface area contributed by atoms with Crippen LogP contribution in [0.1, 0.15) is 17.9 Å². The summed E-state index contributed by atoms with van der Waals surface area (Å²) in [6.07, 6.45) is 0.222. The maximum Gasteiger partial charge on any atom is 0.276 e. The van der Waals surface area contributed by atoms with E-state index in [0.29, 0.717) is 17.1 Å². The van der Waals surface area contributed by atoms with Gasteiger partial charge >= 0.3 is 0 Å². The molecule has 0 saturated heterocycles. The third-order valence-electron chi connectivity index (χ3n) is 3.84. The summed E-state index contributed by atoms with van der Waals surface area (Å²) in [7, 11) is 0. The maximum absolute atomic E-state index is 13.0. The lowest BCUT2D eigenvalue weighted by atomic mass is 10.2. The second-order valence-corrected chi connectivity index (χ2v) is 6.22. The zero-order valence-corrected chi connectivity index (χ0v) is 15.6. The molecule has 3 rings (SSSR count). The van der Waals surface area contributed by atoms with Crippen molar-refractivity contribution in [2.24, 2.45) is 0 Å². The molecule has 0 saturated carbocycles. The van der Waals surface area contributed by atoms with Crippen LogP contribution in [-0.4, -0.2) is 28.6 Å². The number of benzene rings is 2. The van der Waals surface area contributed by atoms with Gasteiger partial charge in [-0.05, 0) is 48.9 Å². The van der Waals surface area contributed by atoms with Gasteiger partial charge in [0.1, 0.15) is 11.6 Å².